The molecule has 2 aromatic carbocycles. The van der Waals surface area contributed by atoms with Crippen LogP contribution in [0.25, 0.3) is 22.5 Å². The molecule has 0 aliphatic rings. The van der Waals surface area contributed by atoms with Crippen LogP contribution >= 0.6 is 12.2 Å². The summed E-state index contributed by atoms with van der Waals surface area (Å²) >= 11 is 5.48. The molecule has 1 N–H and O–H groups in total. The van der Waals surface area contributed by atoms with E-state index >= 15 is 0 Å². The molecule has 2 aromatic heterocycles. The number of hydrogen-bond acceptors (Lipinski definition) is 6. The predicted molar refractivity (Wildman–Crippen MR) is 149 cm³/mol. The lowest BCUT2D eigenvalue weighted by molar-refractivity contribution is 0.388. The van der Waals surface area contributed by atoms with Gasteiger partial charge in [-0.25, -0.2) is 9.78 Å². The minimum Gasteiger partial charge on any atom is -0.372 e. The quantitative estimate of drug-likeness (QED) is 0.349. The van der Waals surface area contributed by atoms with E-state index in [4.69, 9.17) is 17.2 Å². The average Bonchev–Trinajstić information content (AvgIpc) is 3.30. The number of nitrogens with zero attached hydrogens (tertiary/aromatic N) is 4. The molecule has 0 fully saturated rings. The lowest BCUT2D eigenvalue weighted by atomic mass is 9.98. The van der Waals surface area contributed by atoms with Gasteiger partial charge in [-0.2, -0.15) is 0 Å². The van der Waals surface area contributed by atoms with Crippen molar-refractivity contribution in [2.24, 2.45) is 5.92 Å². The third-order valence-corrected chi connectivity index (χ3v) is 6.70. The van der Waals surface area contributed by atoms with Crippen LogP contribution in [0.15, 0.2) is 62.6 Å². The summed E-state index contributed by atoms with van der Waals surface area (Å²) in [5.41, 5.74) is 4.94. The number of aryl methyl sites for hydroxylation is 1. The van der Waals surface area contributed by atoms with Gasteiger partial charge in [-0.15, -0.1) is 0 Å². The number of hydrogen-bond donors (Lipinski definition) is 1. The Morgan fingerprint density at radius 1 is 1.08 bits per heavy atom. The molecule has 0 aliphatic carbocycles. The zero-order valence-electron chi connectivity index (χ0n) is 21.7. The molecule has 0 bridgehead atoms. The molecule has 9 heteroatoms. The standard InChI is InChI=1S/C28H31N5O3S/c1-17(2)14-24-29-18(3)23(15-25(37)32(4)5)27(34)33(24)16-19-10-12-20(13-11-19)21-8-6-7-9-22(21)26-30-28(35)36-31-26/h6-13,17H,14-16H2,1-5H3,(H,30,31,35). The van der Waals surface area contributed by atoms with Gasteiger partial charge < -0.3 is 4.90 Å². The zero-order chi connectivity index (χ0) is 26.7. The second-order valence-electron chi connectivity index (χ2n) is 9.73. The summed E-state index contributed by atoms with van der Waals surface area (Å²) in [7, 11) is 3.77. The van der Waals surface area contributed by atoms with Crippen LogP contribution in [0, 0.1) is 12.8 Å². The molecule has 2 heterocycles. The molecular formula is C28H31N5O3S. The van der Waals surface area contributed by atoms with E-state index in [2.05, 4.69) is 28.5 Å². The van der Waals surface area contributed by atoms with Gasteiger partial charge in [0.25, 0.3) is 5.56 Å². The molecule has 0 atom stereocenters. The smallest absolute Gasteiger partial charge is 0.372 e. The maximum Gasteiger partial charge on any atom is 0.439 e. The molecule has 0 spiro atoms. The SMILES string of the molecule is Cc1nc(CC(C)C)n(Cc2ccc(-c3ccccc3-c3noc(=O)[nH]3)cc2)c(=O)c1CC(=S)N(C)C. The van der Waals surface area contributed by atoms with Gasteiger partial charge in [-0.1, -0.05) is 79.8 Å². The Bertz CT molecular complexity index is 1530. The average molecular weight is 518 g/mol. The maximum absolute atomic E-state index is 13.6. The molecule has 8 nitrogen and oxygen atoms in total. The van der Waals surface area contributed by atoms with Crippen LogP contribution in [-0.4, -0.2) is 43.7 Å². The van der Waals surface area contributed by atoms with E-state index in [9.17, 15) is 9.59 Å². The normalized spacial score (nSPS) is 11.2. The first-order valence-corrected chi connectivity index (χ1v) is 12.6. The van der Waals surface area contributed by atoms with Crippen molar-refractivity contribution in [3.8, 4) is 22.5 Å². The van der Waals surface area contributed by atoms with Gasteiger partial charge in [0, 0.05) is 43.8 Å². The molecule has 192 valence electrons. The van der Waals surface area contributed by atoms with E-state index in [0.717, 1.165) is 33.8 Å². The van der Waals surface area contributed by atoms with Gasteiger partial charge in [-0.3, -0.25) is 18.9 Å². The molecule has 0 amide bonds. The van der Waals surface area contributed by atoms with Gasteiger partial charge >= 0.3 is 5.76 Å². The van der Waals surface area contributed by atoms with Gasteiger partial charge in [0.2, 0.25) is 0 Å². The Labute approximate surface area is 221 Å². The first-order valence-electron chi connectivity index (χ1n) is 12.2. The molecule has 4 aromatic rings. The van der Waals surface area contributed by atoms with E-state index in [-0.39, 0.29) is 5.56 Å². The fourth-order valence-corrected chi connectivity index (χ4v) is 4.36. The summed E-state index contributed by atoms with van der Waals surface area (Å²) in [5, 5.41) is 3.83. The molecular weight excluding hydrogens is 486 g/mol. The van der Waals surface area contributed by atoms with Gasteiger partial charge in [0.05, 0.1) is 11.5 Å². The van der Waals surface area contributed by atoms with Crippen LogP contribution in [-0.2, 0) is 19.4 Å². The van der Waals surface area contributed by atoms with Crippen LogP contribution in [0.4, 0.5) is 0 Å². The third-order valence-electron chi connectivity index (χ3n) is 6.19. The highest BCUT2D eigenvalue weighted by molar-refractivity contribution is 7.80. The number of benzene rings is 2. The second kappa shape index (κ2) is 11.0. The highest BCUT2D eigenvalue weighted by atomic mass is 32.1. The third kappa shape index (κ3) is 5.94. The number of aromatic nitrogens is 4. The number of thiocarbonyl (C=S) groups is 1. The number of H-pyrrole nitrogens is 1. The van der Waals surface area contributed by atoms with Crippen molar-refractivity contribution in [1.82, 2.24) is 24.6 Å². The lowest BCUT2D eigenvalue weighted by Crippen LogP contribution is -2.33. The summed E-state index contributed by atoms with van der Waals surface area (Å²) in [6.07, 6.45) is 1.09. The summed E-state index contributed by atoms with van der Waals surface area (Å²) < 4.78 is 6.47. The van der Waals surface area contributed by atoms with Crippen LogP contribution < -0.4 is 11.3 Å². The van der Waals surface area contributed by atoms with Crippen molar-refractivity contribution in [2.75, 3.05) is 14.1 Å². The number of nitrogens with one attached hydrogen (secondary N) is 1. The van der Waals surface area contributed by atoms with Crippen molar-refractivity contribution >= 4 is 17.2 Å². The maximum atomic E-state index is 13.6. The summed E-state index contributed by atoms with van der Waals surface area (Å²) in [5.74, 6) is 0.915. The Balaban J connectivity index is 1.69. The van der Waals surface area contributed by atoms with Crippen LogP contribution in [0.3, 0.4) is 0 Å². The predicted octanol–water partition coefficient (Wildman–Crippen LogP) is 4.24. The zero-order valence-corrected chi connectivity index (χ0v) is 22.6. The molecule has 0 radical (unpaired) electrons. The molecule has 0 saturated carbocycles. The van der Waals surface area contributed by atoms with Crippen molar-refractivity contribution in [2.45, 2.75) is 40.2 Å². The fourth-order valence-electron chi connectivity index (χ4n) is 4.21. The topological polar surface area (TPSA) is 97.0 Å². The molecule has 0 unspecified atom stereocenters. The van der Waals surface area contributed by atoms with Crippen molar-refractivity contribution < 1.29 is 4.52 Å². The second-order valence-corrected chi connectivity index (χ2v) is 10.2. The van der Waals surface area contributed by atoms with Crippen molar-refractivity contribution in [3.63, 3.8) is 0 Å². The van der Waals surface area contributed by atoms with Gasteiger partial charge in [0.1, 0.15) is 5.82 Å². The van der Waals surface area contributed by atoms with Crippen LogP contribution in [0.5, 0.6) is 0 Å². The minimum absolute atomic E-state index is 0.0447. The highest BCUT2D eigenvalue weighted by Crippen LogP contribution is 2.30. The highest BCUT2D eigenvalue weighted by Gasteiger charge is 2.18. The fraction of sp³-hybridized carbons (Fsp3) is 0.321. The Kier molecular flexibility index (Phi) is 7.83. The van der Waals surface area contributed by atoms with Crippen molar-refractivity contribution in [3.05, 3.63) is 92.1 Å². The largest absolute Gasteiger partial charge is 0.439 e. The molecule has 4 rings (SSSR count). The van der Waals surface area contributed by atoms with Crippen LogP contribution in [0.2, 0.25) is 0 Å². The Morgan fingerprint density at radius 3 is 2.35 bits per heavy atom. The van der Waals surface area contributed by atoms with Crippen LogP contribution in [0.1, 0.15) is 36.5 Å². The monoisotopic (exact) mass is 517 g/mol. The lowest BCUT2D eigenvalue weighted by Gasteiger charge is -2.19. The summed E-state index contributed by atoms with van der Waals surface area (Å²) in [6.45, 7) is 6.54. The number of aromatic amines is 1. The van der Waals surface area contributed by atoms with E-state index in [1.807, 2.05) is 74.4 Å². The van der Waals surface area contributed by atoms with E-state index < -0.39 is 5.76 Å². The summed E-state index contributed by atoms with van der Waals surface area (Å²) in [4.78, 5) is 35.1. The number of rotatable bonds is 8. The molecule has 0 saturated heterocycles. The number of likely N-dealkylation sites (N-methyl/N-ethyl adjacent to an activating group) is 1. The molecule has 37 heavy (non-hydrogen) atoms. The first kappa shape index (κ1) is 26.2. The first-order chi connectivity index (χ1) is 17.6. The van der Waals surface area contributed by atoms with E-state index in [1.165, 1.54) is 0 Å². The van der Waals surface area contributed by atoms with Gasteiger partial charge in [-0.05, 0) is 29.5 Å². The molecule has 0 aliphatic heterocycles. The Hall–Kier alpha value is -3.85. The van der Waals surface area contributed by atoms with Gasteiger partial charge in [0.15, 0.2) is 5.82 Å². The van der Waals surface area contributed by atoms with E-state index in [0.29, 0.717) is 41.7 Å². The Morgan fingerprint density at radius 2 is 1.76 bits per heavy atom. The summed E-state index contributed by atoms with van der Waals surface area (Å²) in [6, 6.07) is 15.7. The minimum atomic E-state index is -0.597. The van der Waals surface area contributed by atoms with Crippen molar-refractivity contribution in [1.29, 1.82) is 0 Å². The van der Waals surface area contributed by atoms with E-state index in [1.54, 1.807) is 4.57 Å².